The lowest BCUT2D eigenvalue weighted by Crippen LogP contribution is -2.09. The fourth-order valence-electron chi connectivity index (χ4n) is 2.52. The summed E-state index contributed by atoms with van der Waals surface area (Å²) >= 11 is 7.73. The van der Waals surface area contributed by atoms with Crippen LogP contribution in [-0.4, -0.2) is 22.6 Å². The summed E-state index contributed by atoms with van der Waals surface area (Å²) < 4.78 is 40.3. The Morgan fingerprint density at radius 1 is 1.41 bits per heavy atom. The van der Waals surface area contributed by atoms with Crippen LogP contribution in [0.5, 0.6) is 0 Å². The van der Waals surface area contributed by atoms with Crippen LogP contribution in [0.1, 0.15) is 16.8 Å². The first-order valence-electron chi connectivity index (χ1n) is 6.62. The Morgan fingerprint density at radius 3 is 2.86 bits per heavy atom. The van der Waals surface area contributed by atoms with Crippen LogP contribution in [0.25, 0.3) is 5.69 Å². The molecule has 3 rings (SSSR count). The van der Waals surface area contributed by atoms with Gasteiger partial charge in [-0.2, -0.15) is 30.0 Å². The van der Waals surface area contributed by atoms with E-state index < -0.39 is 11.7 Å². The molecule has 1 aliphatic rings. The predicted molar refractivity (Wildman–Crippen MR) is 83.0 cm³/mol. The van der Waals surface area contributed by atoms with Crippen LogP contribution in [0.4, 0.5) is 19.0 Å². The van der Waals surface area contributed by atoms with Gasteiger partial charge in [0.15, 0.2) is 0 Å². The predicted octanol–water partition coefficient (Wildman–Crippen LogP) is 4.38. The molecule has 0 bridgehead atoms. The van der Waals surface area contributed by atoms with E-state index in [0.29, 0.717) is 5.75 Å². The maximum atomic E-state index is 12.9. The number of halogens is 4. The van der Waals surface area contributed by atoms with Crippen molar-refractivity contribution in [3.63, 3.8) is 0 Å². The second-order valence-electron chi connectivity index (χ2n) is 4.96. The van der Waals surface area contributed by atoms with Gasteiger partial charge in [0.05, 0.1) is 22.0 Å². The highest BCUT2D eigenvalue weighted by Crippen LogP contribution is 2.36. The minimum atomic E-state index is -4.41. The monoisotopic (exact) mass is 347 g/mol. The van der Waals surface area contributed by atoms with Crippen molar-refractivity contribution in [3.05, 3.63) is 40.0 Å². The molecule has 1 N–H and O–H groups in total. The van der Waals surface area contributed by atoms with Gasteiger partial charge in [0.25, 0.3) is 0 Å². The molecule has 1 aromatic heterocycles. The molecule has 3 nitrogen and oxygen atoms in total. The third-order valence-electron chi connectivity index (χ3n) is 3.52. The fraction of sp³-hybridized carbons (Fsp3) is 0.357. The van der Waals surface area contributed by atoms with Crippen molar-refractivity contribution in [3.8, 4) is 5.69 Å². The average molecular weight is 348 g/mol. The van der Waals surface area contributed by atoms with E-state index in [4.69, 9.17) is 11.6 Å². The quantitative estimate of drug-likeness (QED) is 0.893. The summed E-state index contributed by atoms with van der Waals surface area (Å²) in [6, 6.07) is 3.28. The molecule has 0 radical (unpaired) electrons. The number of alkyl halides is 3. The zero-order valence-corrected chi connectivity index (χ0v) is 13.2. The largest absolute Gasteiger partial charge is 0.416 e. The third kappa shape index (κ3) is 2.67. The molecule has 0 saturated carbocycles. The van der Waals surface area contributed by atoms with Crippen LogP contribution >= 0.6 is 23.4 Å². The van der Waals surface area contributed by atoms with Crippen LogP contribution in [0.15, 0.2) is 18.2 Å². The van der Waals surface area contributed by atoms with E-state index in [0.717, 1.165) is 42.2 Å². The number of hydrogen-bond donors (Lipinski definition) is 1. The molecular weight excluding hydrogens is 335 g/mol. The van der Waals surface area contributed by atoms with E-state index >= 15 is 0 Å². The Kier molecular flexibility index (Phi) is 4.03. The Labute approximate surface area is 134 Å². The van der Waals surface area contributed by atoms with Gasteiger partial charge in [-0.05, 0) is 30.9 Å². The van der Waals surface area contributed by atoms with E-state index in [2.05, 4.69) is 10.4 Å². The van der Waals surface area contributed by atoms with Crippen molar-refractivity contribution in [1.29, 1.82) is 0 Å². The smallest absolute Gasteiger partial charge is 0.369 e. The third-order valence-corrected chi connectivity index (χ3v) is 4.40. The Morgan fingerprint density at radius 2 is 2.18 bits per heavy atom. The summed E-state index contributed by atoms with van der Waals surface area (Å²) in [4.78, 5) is 0. The van der Waals surface area contributed by atoms with Crippen molar-refractivity contribution in [2.75, 3.05) is 18.1 Å². The molecule has 0 saturated heterocycles. The number of nitrogens with zero attached hydrogens (tertiary/aromatic N) is 2. The van der Waals surface area contributed by atoms with E-state index in [-0.39, 0.29) is 10.7 Å². The summed E-state index contributed by atoms with van der Waals surface area (Å²) in [6.45, 7) is 0.755. The van der Waals surface area contributed by atoms with Gasteiger partial charge < -0.3 is 5.32 Å². The Bertz CT molecular complexity index is 712. The topological polar surface area (TPSA) is 29.9 Å². The van der Waals surface area contributed by atoms with E-state index in [1.807, 2.05) is 6.26 Å². The van der Waals surface area contributed by atoms with Crippen molar-refractivity contribution in [2.45, 2.75) is 18.3 Å². The van der Waals surface area contributed by atoms with Crippen molar-refractivity contribution in [1.82, 2.24) is 9.78 Å². The highest BCUT2D eigenvalue weighted by atomic mass is 35.5. The number of anilines is 1. The molecule has 2 aromatic rings. The second-order valence-corrected chi connectivity index (χ2v) is 6.23. The number of benzene rings is 1. The van der Waals surface area contributed by atoms with Crippen LogP contribution in [0, 0.1) is 0 Å². The van der Waals surface area contributed by atoms with Gasteiger partial charge in [0, 0.05) is 17.9 Å². The lowest BCUT2D eigenvalue weighted by molar-refractivity contribution is -0.137. The number of thioether (sulfide) groups is 1. The minimum absolute atomic E-state index is 0.239. The zero-order valence-electron chi connectivity index (χ0n) is 11.7. The lowest BCUT2D eigenvalue weighted by atomic mass is 10.2. The zero-order chi connectivity index (χ0) is 15.9. The van der Waals surface area contributed by atoms with E-state index in [9.17, 15) is 13.2 Å². The lowest BCUT2D eigenvalue weighted by Gasteiger charge is -2.12. The molecule has 2 heterocycles. The van der Waals surface area contributed by atoms with Crippen molar-refractivity contribution in [2.24, 2.45) is 0 Å². The molecule has 1 aliphatic heterocycles. The first kappa shape index (κ1) is 15.6. The summed E-state index contributed by atoms with van der Waals surface area (Å²) in [5.41, 5.74) is 1.46. The van der Waals surface area contributed by atoms with Crippen LogP contribution in [-0.2, 0) is 18.3 Å². The van der Waals surface area contributed by atoms with Crippen molar-refractivity contribution < 1.29 is 13.2 Å². The molecule has 1 aromatic carbocycles. The molecule has 8 heteroatoms. The number of fused-ring (bicyclic) bond motifs is 1. The maximum Gasteiger partial charge on any atom is 0.416 e. The SMILES string of the molecule is CSCc1nn(-c2cc(C(F)(F)F)ccc2Cl)c2c1CCN2. The van der Waals surface area contributed by atoms with Gasteiger partial charge in [0.2, 0.25) is 0 Å². The van der Waals surface area contributed by atoms with Crippen LogP contribution < -0.4 is 5.32 Å². The van der Waals surface area contributed by atoms with Crippen LogP contribution in [0.3, 0.4) is 0 Å². The number of rotatable bonds is 3. The first-order valence-corrected chi connectivity index (χ1v) is 8.39. The van der Waals surface area contributed by atoms with Gasteiger partial charge in [-0.15, -0.1) is 0 Å². The van der Waals surface area contributed by atoms with Crippen LogP contribution in [0.2, 0.25) is 5.02 Å². The molecule has 0 fully saturated rings. The van der Waals surface area contributed by atoms with Gasteiger partial charge in [0.1, 0.15) is 5.82 Å². The Hall–Kier alpha value is -1.34. The summed E-state index contributed by atoms with van der Waals surface area (Å²) in [6.07, 6.45) is -1.63. The summed E-state index contributed by atoms with van der Waals surface area (Å²) in [5, 5.41) is 7.88. The van der Waals surface area contributed by atoms with E-state index in [1.54, 1.807) is 11.8 Å². The molecular formula is C14H13ClF3N3S. The number of aromatic nitrogens is 2. The second kappa shape index (κ2) is 5.70. The normalized spacial score (nSPS) is 14.0. The van der Waals surface area contributed by atoms with E-state index in [1.165, 1.54) is 10.7 Å². The maximum absolute atomic E-state index is 12.9. The molecule has 0 aliphatic carbocycles. The first-order chi connectivity index (χ1) is 10.4. The standard InChI is InChI=1S/C14H13ClF3N3S/c1-22-7-11-9-4-5-19-13(9)21(20-11)12-6-8(14(16,17)18)2-3-10(12)15/h2-3,6,19H,4-5,7H2,1H3. The van der Waals surface area contributed by atoms with Gasteiger partial charge >= 0.3 is 6.18 Å². The van der Waals surface area contributed by atoms with Crippen molar-refractivity contribution >= 4 is 29.2 Å². The molecule has 0 atom stereocenters. The fourth-order valence-corrected chi connectivity index (χ4v) is 3.23. The highest BCUT2D eigenvalue weighted by molar-refractivity contribution is 7.97. The molecule has 22 heavy (non-hydrogen) atoms. The van der Waals surface area contributed by atoms with Gasteiger partial charge in [-0.25, -0.2) is 4.68 Å². The minimum Gasteiger partial charge on any atom is -0.369 e. The number of nitrogens with one attached hydrogen (secondary N) is 1. The molecule has 0 unspecified atom stereocenters. The summed E-state index contributed by atoms with van der Waals surface area (Å²) in [7, 11) is 0. The molecule has 118 valence electrons. The molecule has 0 spiro atoms. The van der Waals surface area contributed by atoms with Gasteiger partial charge in [-0.3, -0.25) is 0 Å². The summed E-state index contributed by atoms with van der Waals surface area (Å²) in [5.74, 6) is 1.46. The van der Waals surface area contributed by atoms with Gasteiger partial charge in [-0.1, -0.05) is 11.6 Å². The highest BCUT2D eigenvalue weighted by Gasteiger charge is 2.32. The average Bonchev–Trinajstić information content (AvgIpc) is 3.02. The number of hydrogen-bond acceptors (Lipinski definition) is 3. The Balaban J connectivity index is 2.14. The molecule has 0 amide bonds.